The first kappa shape index (κ1) is 20.9. The lowest BCUT2D eigenvalue weighted by atomic mass is 9.83. The molecule has 6 nitrogen and oxygen atoms in total. The number of aliphatic carboxylic acids is 1. The van der Waals surface area contributed by atoms with Crippen molar-refractivity contribution in [2.75, 3.05) is 24.5 Å². The second kappa shape index (κ2) is 9.14. The number of benzene rings is 1. The van der Waals surface area contributed by atoms with Crippen molar-refractivity contribution in [1.82, 2.24) is 10.2 Å². The van der Waals surface area contributed by atoms with Gasteiger partial charge in [0.05, 0.1) is 0 Å². The molecule has 0 unspecified atom stereocenters. The van der Waals surface area contributed by atoms with Gasteiger partial charge in [-0.05, 0) is 74.2 Å². The Hall–Kier alpha value is -1.79. The molecule has 0 atom stereocenters. The predicted molar refractivity (Wildman–Crippen MR) is 111 cm³/mol. The number of carboxylic acid groups (broad SMARTS) is 1. The van der Waals surface area contributed by atoms with Gasteiger partial charge in [0, 0.05) is 37.8 Å². The number of carbonyl (C=O) groups is 2. The van der Waals surface area contributed by atoms with Crippen LogP contribution in [0.3, 0.4) is 0 Å². The van der Waals surface area contributed by atoms with Crippen LogP contribution >= 0.6 is 12.4 Å². The van der Waals surface area contributed by atoms with Crippen molar-refractivity contribution in [2.24, 2.45) is 5.92 Å². The molecule has 0 aromatic heterocycles. The molecule has 0 spiro atoms. The van der Waals surface area contributed by atoms with Crippen LogP contribution in [0.4, 0.5) is 10.5 Å². The molecule has 7 heteroatoms. The predicted octanol–water partition coefficient (Wildman–Crippen LogP) is 3.42. The monoisotopic (exact) mass is 407 g/mol. The SMILES string of the molecule is Cl.O=C(O)CCC1CCC(N2CCN(c3ccc4c(c3)CCNC4)C2=O)CC1. The van der Waals surface area contributed by atoms with Crippen LogP contribution < -0.4 is 10.2 Å². The normalized spacial score (nSPS) is 24.6. The molecule has 2 amide bonds. The molecule has 0 radical (unpaired) electrons. The molecule has 2 aliphatic heterocycles. The van der Waals surface area contributed by atoms with Crippen LogP contribution in [0.25, 0.3) is 0 Å². The highest BCUT2D eigenvalue weighted by atomic mass is 35.5. The van der Waals surface area contributed by atoms with Crippen LogP contribution in [0.5, 0.6) is 0 Å². The van der Waals surface area contributed by atoms with E-state index in [2.05, 4.69) is 28.4 Å². The van der Waals surface area contributed by atoms with Gasteiger partial charge >= 0.3 is 12.0 Å². The fourth-order valence-corrected chi connectivity index (χ4v) is 4.84. The molecule has 2 N–H and O–H groups in total. The van der Waals surface area contributed by atoms with E-state index >= 15 is 0 Å². The van der Waals surface area contributed by atoms with Crippen molar-refractivity contribution in [3.05, 3.63) is 29.3 Å². The number of anilines is 1. The standard InChI is InChI=1S/C21H29N3O3.ClH/c25-20(26)8-3-15-1-5-18(6-2-15)23-11-12-24(21(23)27)19-7-4-17-14-22-10-9-16(17)13-19;/h4,7,13,15,18,22H,1-3,5-6,8-12,14H2,(H,25,26);1H. The summed E-state index contributed by atoms with van der Waals surface area (Å²) in [5.41, 5.74) is 3.72. The Balaban J connectivity index is 0.00000225. The van der Waals surface area contributed by atoms with E-state index in [0.29, 0.717) is 12.0 Å². The van der Waals surface area contributed by atoms with E-state index in [-0.39, 0.29) is 24.9 Å². The fourth-order valence-electron chi connectivity index (χ4n) is 4.84. The molecule has 1 aromatic carbocycles. The van der Waals surface area contributed by atoms with Gasteiger partial charge < -0.3 is 15.3 Å². The zero-order valence-electron chi connectivity index (χ0n) is 16.2. The molecule has 2 fully saturated rings. The lowest BCUT2D eigenvalue weighted by Crippen LogP contribution is -2.41. The van der Waals surface area contributed by atoms with Crippen molar-refractivity contribution < 1.29 is 14.7 Å². The highest BCUT2D eigenvalue weighted by Crippen LogP contribution is 2.33. The van der Waals surface area contributed by atoms with Crippen molar-refractivity contribution >= 4 is 30.1 Å². The molecule has 28 heavy (non-hydrogen) atoms. The van der Waals surface area contributed by atoms with Gasteiger partial charge in [-0.1, -0.05) is 6.07 Å². The molecule has 0 bridgehead atoms. The third-order valence-electron chi connectivity index (χ3n) is 6.45. The Labute approximate surface area is 172 Å². The maximum absolute atomic E-state index is 13.0. The Morgan fingerprint density at radius 3 is 2.68 bits per heavy atom. The summed E-state index contributed by atoms with van der Waals surface area (Å²) in [6.07, 6.45) is 6.13. The summed E-state index contributed by atoms with van der Waals surface area (Å²) in [5, 5.41) is 12.2. The topological polar surface area (TPSA) is 72.9 Å². The van der Waals surface area contributed by atoms with Crippen molar-refractivity contribution in [3.8, 4) is 0 Å². The number of hydrogen-bond donors (Lipinski definition) is 2. The molecule has 1 aromatic rings. The van der Waals surface area contributed by atoms with E-state index in [1.54, 1.807) is 0 Å². The van der Waals surface area contributed by atoms with Crippen LogP contribution in [0.1, 0.15) is 49.7 Å². The maximum atomic E-state index is 13.0. The summed E-state index contributed by atoms with van der Waals surface area (Å²) in [6.45, 7) is 3.47. The lowest BCUT2D eigenvalue weighted by molar-refractivity contribution is -0.137. The van der Waals surface area contributed by atoms with Gasteiger partial charge in [-0.25, -0.2) is 4.79 Å². The minimum atomic E-state index is -0.705. The number of fused-ring (bicyclic) bond motifs is 1. The molecule has 154 valence electrons. The number of carboxylic acids is 1. The first-order valence-corrected chi connectivity index (χ1v) is 10.2. The third-order valence-corrected chi connectivity index (χ3v) is 6.45. The van der Waals surface area contributed by atoms with Crippen molar-refractivity contribution in [2.45, 2.75) is 57.5 Å². The molecular weight excluding hydrogens is 378 g/mol. The summed E-state index contributed by atoms with van der Waals surface area (Å²) in [4.78, 5) is 27.8. The van der Waals surface area contributed by atoms with Crippen LogP contribution in [-0.2, 0) is 17.8 Å². The van der Waals surface area contributed by atoms with Gasteiger partial charge in [0.1, 0.15) is 0 Å². The maximum Gasteiger partial charge on any atom is 0.324 e. The van der Waals surface area contributed by atoms with E-state index < -0.39 is 5.97 Å². The number of rotatable bonds is 5. The number of amides is 2. The first-order valence-electron chi connectivity index (χ1n) is 10.2. The van der Waals surface area contributed by atoms with Gasteiger partial charge in [-0.3, -0.25) is 9.69 Å². The van der Waals surface area contributed by atoms with E-state index in [9.17, 15) is 9.59 Å². The molecule has 1 saturated heterocycles. The minimum Gasteiger partial charge on any atom is -0.481 e. The minimum absolute atomic E-state index is 0. The van der Waals surface area contributed by atoms with E-state index in [0.717, 1.165) is 70.4 Å². The van der Waals surface area contributed by atoms with Gasteiger partial charge in [-0.15, -0.1) is 12.4 Å². The Bertz CT molecular complexity index is 719. The van der Waals surface area contributed by atoms with E-state index in [1.165, 1.54) is 11.1 Å². The molecular formula is C21H30ClN3O3. The number of urea groups is 1. The van der Waals surface area contributed by atoms with Crippen LogP contribution in [0.15, 0.2) is 18.2 Å². The molecule has 1 saturated carbocycles. The zero-order chi connectivity index (χ0) is 18.8. The smallest absolute Gasteiger partial charge is 0.324 e. The van der Waals surface area contributed by atoms with Crippen LogP contribution in [0.2, 0.25) is 0 Å². The van der Waals surface area contributed by atoms with Crippen molar-refractivity contribution in [3.63, 3.8) is 0 Å². The second-order valence-electron chi connectivity index (χ2n) is 8.11. The second-order valence-corrected chi connectivity index (χ2v) is 8.11. The number of hydrogen-bond acceptors (Lipinski definition) is 3. The lowest BCUT2D eigenvalue weighted by Gasteiger charge is -2.34. The van der Waals surface area contributed by atoms with Crippen LogP contribution in [0, 0.1) is 5.92 Å². The molecule has 2 heterocycles. The van der Waals surface area contributed by atoms with Gasteiger partial charge in [-0.2, -0.15) is 0 Å². The summed E-state index contributed by atoms with van der Waals surface area (Å²) in [7, 11) is 0. The fraction of sp³-hybridized carbons (Fsp3) is 0.619. The third kappa shape index (κ3) is 4.44. The highest BCUT2D eigenvalue weighted by molar-refractivity contribution is 5.94. The average molecular weight is 408 g/mol. The summed E-state index contributed by atoms with van der Waals surface area (Å²) in [5.74, 6) is -0.205. The zero-order valence-corrected chi connectivity index (χ0v) is 17.0. The first-order chi connectivity index (χ1) is 13.1. The number of halogens is 1. The molecule has 4 rings (SSSR count). The van der Waals surface area contributed by atoms with Crippen LogP contribution in [-0.4, -0.2) is 47.7 Å². The molecule has 3 aliphatic rings. The number of carbonyl (C=O) groups excluding carboxylic acids is 1. The summed E-state index contributed by atoms with van der Waals surface area (Å²) < 4.78 is 0. The van der Waals surface area contributed by atoms with Crippen molar-refractivity contribution in [1.29, 1.82) is 0 Å². The Morgan fingerprint density at radius 1 is 1.14 bits per heavy atom. The summed E-state index contributed by atoms with van der Waals surface area (Å²) >= 11 is 0. The quantitative estimate of drug-likeness (QED) is 0.784. The Kier molecular flexibility index (Phi) is 6.83. The van der Waals surface area contributed by atoms with E-state index in [4.69, 9.17) is 5.11 Å². The van der Waals surface area contributed by atoms with Gasteiger partial charge in [0.15, 0.2) is 0 Å². The highest BCUT2D eigenvalue weighted by Gasteiger charge is 2.36. The largest absolute Gasteiger partial charge is 0.481 e. The average Bonchev–Trinajstić information content (AvgIpc) is 3.08. The summed E-state index contributed by atoms with van der Waals surface area (Å²) in [6, 6.07) is 6.87. The van der Waals surface area contributed by atoms with Gasteiger partial charge in [0.25, 0.3) is 0 Å². The Morgan fingerprint density at radius 2 is 1.93 bits per heavy atom. The number of nitrogens with zero attached hydrogens (tertiary/aromatic N) is 2. The number of nitrogens with one attached hydrogen (secondary N) is 1. The van der Waals surface area contributed by atoms with Gasteiger partial charge in [0.2, 0.25) is 0 Å². The van der Waals surface area contributed by atoms with E-state index in [1.807, 2.05) is 4.90 Å². The molecule has 1 aliphatic carbocycles.